The van der Waals surface area contributed by atoms with E-state index >= 15 is 0 Å². The van der Waals surface area contributed by atoms with Crippen LogP contribution in [0.3, 0.4) is 0 Å². The van der Waals surface area contributed by atoms with Crippen molar-refractivity contribution in [3.63, 3.8) is 0 Å². The van der Waals surface area contributed by atoms with Crippen LogP contribution in [0.2, 0.25) is 5.02 Å². The SMILES string of the molecule is Cc1cc(NC2=NCCCN2)c(C)cc1Cc1nc(-c2ccc(Cl)cc2)cs1. The summed E-state index contributed by atoms with van der Waals surface area (Å²) in [5.74, 6) is 0.869. The molecule has 1 aliphatic rings. The van der Waals surface area contributed by atoms with Crippen molar-refractivity contribution < 1.29 is 0 Å². The molecule has 0 spiro atoms. The number of nitrogens with zero attached hydrogens (tertiary/aromatic N) is 2. The second kappa shape index (κ2) is 8.33. The third-order valence-electron chi connectivity index (χ3n) is 4.87. The quantitative estimate of drug-likeness (QED) is 0.602. The van der Waals surface area contributed by atoms with Crippen molar-refractivity contribution in [1.82, 2.24) is 10.3 Å². The molecule has 2 aromatic carbocycles. The van der Waals surface area contributed by atoms with E-state index in [-0.39, 0.29) is 0 Å². The van der Waals surface area contributed by atoms with E-state index in [9.17, 15) is 0 Å². The van der Waals surface area contributed by atoms with Gasteiger partial charge in [0, 0.05) is 41.2 Å². The number of thiazole rings is 1. The lowest BCUT2D eigenvalue weighted by atomic mass is 10.0. The smallest absolute Gasteiger partial charge is 0.195 e. The molecule has 1 aliphatic heterocycles. The molecule has 0 amide bonds. The van der Waals surface area contributed by atoms with E-state index in [1.165, 1.54) is 16.7 Å². The van der Waals surface area contributed by atoms with Crippen LogP contribution in [0.15, 0.2) is 46.8 Å². The van der Waals surface area contributed by atoms with E-state index < -0.39 is 0 Å². The first kappa shape index (κ1) is 19.0. The lowest BCUT2D eigenvalue weighted by molar-refractivity contribution is 0.740. The Bertz CT molecular complexity index is 1010. The summed E-state index contributed by atoms with van der Waals surface area (Å²) in [4.78, 5) is 9.32. The van der Waals surface area contributed by atoms with E-state index in [0.29, 0.717) is 0 Å². The van der Waals surface area contributed by atoms with Gasteiger partial charge in [0.25, 0.3) is 0 Å². The zero-order valence-electron chi connectivity index (χ0n) is 16.1. The standard InChI is InChI=1S/C22H23ClN4S/c1-14-11-19(27-22-24-8-3-9-25-22)15(2)10-17(14)12-21-26-20(13-28-21)16-4-6-18(23)7-5-16/h4-7,10-11,13H,3,8-9,12H2,1-2H3,(H2,24,25,27). The Balaban J connectivity index is 1.51. The summed E-state index contributed by atoms with van der Waals surface area (Å²) in [5, 5.41) is 10.7. The molecule has 0 saturated carbocycles. The number of hydrogen-bond donors (Lipinski definition) is 2. The maximum absolute atomic E-state index is 5.98. The highest BCUT2D eigenvalue weighted by Gasteiger charge is 2.11. The minimum atomic E-state index is 0.744. The summed E-state index contributed by atoms with van der Waals surface area (Å²) in [5.41, 5.74) is 6.98. The van der Waals surface area contributed by atoms with Crippen molar-refractivity contribution in [2.24, 2.45) is 4.99 Å². The van der Waals surface area contributed by atoms with Gasteiger partial charge in [-0.15, -0.1) is 11.3 Å². The number of aliphatic imine (C=N–C) groups is 1. The summed E-state index contributed by atoms with van der Waals surface area (Å²) < 4.78 is 0. The van der Waals surface area contributed by atoms with E-state index in [0.717, 1.165) is 58.9 Å². The number of hydrogen-bond acceptors (Lipinski definition) is 5. The summed E-state index contributed by atoms with van der Waals surface area (Å²) in [6.45, 7) is 6.15. The predicted molar refractivity (Wildman–Crippen MR) is 120 cm³/mol. The lowest BCUT2D eigenvalue weighted by Crippen LogP contribution is -2.35. The largest absolute Gasteiger partial charge is 0.356 e. The van der Waals surface area contributed by atoms with Gasteiger partial charge in [-0.25, -0.2) is 4.98 Å². The van der Waals surface area contributed by atoms with Crippen LogP contribution < -0.4 is 10.6 Å². The molecule has 0 atom stereocenters. The fourth-order valence-electron chi connectivity index (χ4n) is 3.25. The second-order valence-corrected chi connectivity index (χ2v) is 8.42. The summed E-state index contributed by atoms with van der Waals surface area (Å²) >= 11 is 7.69. The van der Waals surface area contributed by atoms with E-state index in [1.807, 2.05) is 24.3 Å². The van der Waals surface area contributed by atoms with Gasteiger partial charge in [-0.3, -0.25) is 4.99 Å². The average Bonchev–Trinajstić information content (AvgIpc) is 3.16. The molecule has 0 saturated heterocycles. The topological polar surface area (TPSA) is 49.3 Å². The Kier molecular flexibility index (Phi) is 5.64. The van der Waals surface area contributed by atoms with Crippen LogP contribution in [0.25, 0.3) is 11.3 Å². The highest BCUT2D eigenvalue weighted by Crippen LogP contribution is 2.27. The molecule has 0 fully saturated rings. The van der Waals surface area contributed by atoms with Crippen molar-refractivity contribution in [1.29, 1.82) is 0 Å². The minimum absolute atomic E-state index is 0.744. The molecule has 2 heterocycles. The number of benzene rings is 2. The van der Waals surface area contributed by atoms with Gasteiger partial charge in [-0.2, -0.15) is 0 Å². The summed E-state index contributed by atoms with van der Waals surface area (Å²) in [7, 11) is 0. The average molecular weight is 411 g/mol. The molecule has 2 N–H and O–H groups in total. The van der Waals surface area contributed by atoms with E-state index in [1.54, 1.807) is 11.3 Å². The van der Waals surface area contributed by atoms with Gasteiger partial charge in [0.05, 0.1) is 10.7 Å². The lowest BCUT2D eigenvalue weighted by Gasteiger charge is -2.18. The molecule has 3 aromatic rings. The molecule has 4 nitrogen and oxygen atoms in total. The molecular formula is C22H23ClN4S. The molecule has 144 valence electrons. The Labute approximate surface area is 174 Å². The molecule has 0 aliphatic carbocycles. The number of aryl methyl sites for hydroxylation is 2. The predicted octanol–water partition coefficient (Wildman–Crippen LogP) is 5.43. The van der Waals surface area contributed by atoms with Gasteiger partial charge >= 0.3 is 0 Å². The number of aromatic nitrogens is 1. The molecule has 0 unspecified atom stereocenters. The Morgan fingerprint density at radius 2 is 1.96 bits per heavy atom. The van der Waals surface area contributed by atoms with Gasteiger partial charge in [-0.1, -0.05) is 29.8 Å². The fraction of sp³-hybridized carbons (Fsp3) is 0.273. The molecule has 1 aromatic heterocycles. The number of halogens is 1. The number of anilines is 1. The highest BCUT2D eigenvalue weighted by atomic mass is 35.5. The highest BCUT2D eigenvalue weighted by molar-refractivity contribution is 7.10. The van der Waals surface area contributed by atoms with Crippen molar-refractivity contribution >= 4 is 34.6 Å². The van der Waals surface area contributed by atoms with Crippen LogP contribution in [-0.2, 0) is 6.42 Å². The number of rotatable bonds is 4. The van der Waals surface area contributed by atoms with Crippen LogP contribution in [0.4, 0.5) is 5.69 Å². The normalized spacial score (nSPS) is 13.8. The van der Waals surface area contributed by atoms with Gasteiger partial charge in [-0.05, 0) is 55.2 Å². The van der Waals surface area contributed by atoms with Crippen molar-refractivity contribution in [2.75, 3.05) is 18.4 Å². The number of nitrogens with one attached hydrogen (secondary N) is 2. The van der Waals surface area contributed by atoms with Crippen molar-refractivity contribution in [3.8, 4) is 11.3 Å². The first-order valence-corrected chi connectivity index (χ1v) is 10.7. The summed E-state index contributed by atoms with van der Waals surface area (Å²) in [6.07, 6.45) is 1.93. The van der Waals surface area contributed by atoms with Crippen molar-refractivity contribution in [3.05, 3.63) is 68.5 Å². The van der Waals surface area contributed by atoms with E-state index in [4.69, 9.17) is 16.6 Å². The van der Waals surface area contributed by atoms with Crippen LogP contribution in [0, 0.1) is 13.8 Å². The Morgan fingerprint density at radius 3 is 2.71 bits per heavy atom. The third kappa shape index (κ3) is 4.37. The van der Waals surface area contributed by atoms with Crippen LogP contribution in [0.1, 0.15) is 28.1 Å². The molecule has 0 radical (unpaired) electrons. The molecular weight excluding hydrogens is 388 g/mol. The van der Waals surface area contributed by atoms with Gasteiger partial charge in [0.1, 0.15) is 0 Å². The first-order chi connectivity index (χ1) is 13.6. The third-order valence-corrected chi connectivity index (χ3v) is 5.97. The fourth-order valence-corrected chi connectivity index (χ4v) is 4.21. The van der Waals surface area contributed by atoms with Gasteiger partial charge in [0.15, 0.2) is 5.96 Å². The molecule has 4 rings (SSSR count). The van der Waals surface area contributed by atoms with E-state index in [2.05, 4.69) is 47.0 Å². The van der Waals surface area contributed by atoms with Crippen molar-refractivity contribution in [2.45, 2.75) is 26.7 Å². The van der Waals surface area contributed by atoms with Gasteiger partial charge < -0.3 is 10.6 Å². The summed E-state index contributed by atoms with van der Waals surface area (Å²) in [6, 6.07) is 12.3. The zero-order chi connectivity index (χ0) is 19.5. The molecule has 0 bridgehead atoms. The van der Waals surface area contributed by atoms with Crippen LogP contribution in [-0.4, -0.2) is 24.0 Å². The number of guanidine groups is 1. The van der Waals surface area contributed by atoms with Gasteiger partial charge in [0.2, 0.25) is 0 Å². The molecule has 28 heavy (non-hydrogen) atoms. The Hall–Kier alpha value is -2.37. The van der Waals surface area contributed by atoms with Crippen LogP contribution in [0.5, 0.6) is 0 Å². The molecule has 6 heteroatoms. The van der Waals surface area contributed by atoms with Crippen LogP contribution >= 0.6 is 22.9 Å². The second-order valence-electron chi connectivity index (χ2n) is 7.04. The maximum atomic E-state index is 5.98. The minimum Gasteiger partial charge on any atom is -0.356 e. The monoisotopic (exact) mass is 410 g/mol. The first-order valence-electron chi connectivity index (χ1n) is 9.44. The maximum Gasteiger partial charge on any atom is 0.195 e. The zero-order valence-corrected chi connectivity index (χ0v) is 17.6. The Morgan fingerprint density at radius 1 is 1.14 bits per heavy atom.